The summed E-state index contributed by atoms with van der Waals surface area (Å²) in [7, 11) is 2.44. The van der Waals surface area contributed by atoms with E-state index in [4.69, 9.17) is 9.47 Å². The molecule has 0 aliphatic carbocycles. The van der Waals surface area contributed by atoms with Crippen LogP contribution in [0.2, 0.25) is 0 Å². The van der Waals surface area contributed by atoms with Gasteiger partial charge in [0, 0.05) is 24.8 Å². The van der Waals surface area contributed by atoms with Gasteiger partial charge in [0.1, 0.15) is 17.5 Å². The van der Waals surface area contributed by atoms with Gasteiger partial charge in [0.05, 0.1) is 49.8 Å². The minimum Gasteiger partial charge on any atom is -0.511 e. The Hall–Kier alpha value is -4.05. The number of esters is 2. The summed E-state index contributed by atoms with van der Waals surface area (Å²) in [6.45, 7) is 0.191. The van der Waals surface area contributed by atoms with Crippen LogP contribution in [0.1, 0.15) is 29.3 Å². The molecule has 3 aromatic heterocycles. The van der Waals surface area contributed by atoms with E-state index in [-0.39, 0.29) is 12.1 Å². The van der Waals surface area contributed by atoms with Crippen LogP contribution in [0.3, 0.4) is 0 Å². The second-order valence-electron chi connectivity index (χ2n) is 7.36. The number of pyridine rings is 2. The normalized spacial score (nSPS) is 21.0. The molecule has 1 aliphatic heterocycles. The number of aromatic nitrogens is 4. The molecular weight excluding hydrogens is 426 g/mol. The van der Waals surface area contributed by atoms with Gasteiger partial charge in [-0.2, -0.15) is 0 Å². The topological polar surface area (TPSA) is 131 Å². The number of rotatable bonds is 6. The van der Waals surface area contributed by atoms with E-state index >= 15 is 0 Å². The van der Waals surface area contributed by atoms with Crippen molar-refractivity contribution < 1.29 is 24.2 Å². The zero-order chi connectivity index (χ0) is 23.4. The molecule has 1 unspecified atom stereocenters. The first-order valence-electron chi connectivity index (χ1n) is 10.2. The second kappa shape index (κ2) is 9.61. The lowest BCUT2D eigenvalue weighted by atomic mass is 9.81. The Morgan fingerprint density at radius 1 is 1.00 bits per heavy atom. The van der Waals surface area contributed by atoms with Crippen molar-refractivity contribution in [1.82, 2.24) is 24.8 Å². The number of H-pyrrole nitrogens is 1. The lowest BCUT2D eigenvalue weighted by Gasteiger charge is -2.44. The molecule has 1 aliphatic rings. The first-order chi connectivity index (χ1) is 16.1. The smallest absolute Gasteiger partial charge is 0.339 e. The van der Waals surface area contributed by atoms with Crippen molar-refractivity contribution in [2.45, 2.75) is 18.6 Å². The molecule has 33 heavy (non-hydrogen) atoms. The van der Waals surface area contributed by atoms with Gasteiger partial charge in [-0.15, -0.1) is 0 Å². The van der Waals surface area contributed by atoms with Gasteiger partial charge in [0.15, 0.2) is 0 Å². The molecule has 0 bridgehead atoms. The average Bonchev–Trinajstić information content (AvgIpc) is 3.37. The van der Waals surface area contributed by atoms with E-state index in [1.807, 2.05) is 4.90 Å². The quantitative estimate of drug-likeness (QED) is 0.544. The Kier molecular flexibility index (Phi) is 6.45. The van der Waals surface area contributed by atoms with E-state index < -0.39 is 35.7 Å². The Bertz CT molecular complexity index is 1130. The second-order valence-corrected chi connectivity index (χ2v) is 7.36. The molecule has 3 atom stereocenters. The minimum atomic E-state index is -1.23. The molecule has 10 heteroatoms. The number of aliphatic hydroxyl groups is 1. The number of hydrogen-bond acceptors (Lipinski definition) is 9. The first-order valence-corrected chi connectivity index (χ1v) is 10.2. The van der Waals surface area contributed by atoms with Crippen molar-refractivity contribution in [3.05, 3.63) is 89.7 Å². The molecule has 4 heterocycles. The molecule has 2 N–H and O–H groups in total. The van der Waals surface area contributed by atoms with Crippen LogP contribution in [0.5, 0.6) is 0 Å². The van der Waals surface area contributed by atoms with Crippen LogP contribution in [-0.4, -0.2) is 56.1 Å². The van der Waals surface area contributed by atoms with Crippen LogP contribution in [0.25, 0.3) is 0 Å². The van der Waals surface area contributed by atoms with Crippen molar-refractivity contribution in [3.8, 4) is 0 Å². The highest BCUT2D eigenvalue weighted by atomic mass is 16.5. The number of imidazole rings is 1. The Balaban J connectivity index is 2.00. The molecule has 0 amide bonds. The standard InChI is InChI=1S/C23H23N5O5/c1-32-22(30)17-19(14-7-3-5-9-24-14)28(13-16-26-11-12-27-16)20(15-8-4-6-10-25-15)18(21(17)29)23(31)33-2/h3-12,17,19-20,29H,13H2,1-2H3,(H,26,27)/t17?,19-,20-/m0/s1. The van der Waals surface area contributed by atoms with Gasteiger partial charge in [-0.05, 0) is 24.3 Å². The number of aliphatic hydroxyl groups excluding tert-OH is 1. The van der Waals surface area contributed by atoms with E-state index in [1.54, 1.807) is 61.2 Å². The highest BCUT2D eigenvalue weighted by molar-refractivity contribution is 5.93. The molecule has 170 valence electrons. The fourth-order valence-corrected chi connectivity index (χ4v) is 4.16. The lowest BCUT2D eigenvalue weighted by molar-refractivity contribution is -0.150. The van der Waals surface area contributed by atoms with Crippen LogP contribution < -0.4 is 0 Å². The molecule has 0 fully saturated rings. The van der Waals surface area contributed by atoms with Gasteiger partial charge < -0.3 is 19.6 Å². The molecule has 4 rings (SSSR count). The predicted octanol–water partition coefficient (Wildman–Crippen LogP) is 2.27. The monoisotopic (exact) mass is 449 g/mol. The van der Waals surface area contributed by atoms with E-state index in [2.05, 4.69) is 19.9 Å². The fraction of sp³-hybridized carbons (Fsp3) is 0.261. The number of carbonyl (C=O) groups is 2. The fourth-order valence-electron chi connectivity index (χ4n) is 4.16. The molecule has 3 aromatic rings. The molecule has 0 aromatic carbocycles. The summed E-state index contributed by atoms with van der Waals surface area (Å²) >= 11 is 0. The van der Waals surface area contributed by atoms with Crippen molar-refractivity contribution in [2.24, 2.45) is 5.92 Å². The van der Waals surface area contributed by atoms with E-state index in [9.17, 15) is 14.7 Å². The molecule has 0 radical (unpaired) electrons. The number of nitrogens with one attached hydrogen (secondary N) is 1. The molecule has 0 spiro atoms. The van der Waals surface area contributed by atoms with E-state index in [1.165, 1.54) is 14.2 Å². The maximum Gasteiger partial charge on any atom is 0.339 e. The van der Waals surface area contributed by atoms with Crippen molar-refractivity contribution >= 4 is 11.9 Å². The largest absolute Gasteiger partial charge is 0.511 e. The third-order valence-electron chi connectivity index (χ3n) is 5.56. The number of carbonyl (C=O) groups excluding carboxylic acids is 2. The summed E-state index contributed by atoms with van der Waals surface area (Å²) < 4.78 is 10.0. The molecular formula is C23H23N5O5. The first kappa shape index (κ1) is 22.2. The number of hydrogen-bond donors (Lipinski definition) is 2. The predicted molar refractivity (Wildman–Crippen MR) is 115 cm³/mol. The van der Waals surface area contributed by atoms with Crippen molar-refractivity contribution in [3.63, 3.8) is 0 Å². The van der Waals surface area contributed by atoms with Crippen LogP contribution in [-0.2, 0) is 25.6 Å². The van der Waals surface area contributed by atoms with Crippen LogP contribution in [0.4, 0.5) is 0 Å². The molecule has 0 saturated heterocycles. The van der Waals surface area contributed by atoms with Gasteiger partial charge in [-0.25, -0.2) is 9.78 Å². The van der Waals surface area contributed by atoms with Crippen LogP contribution in [0, 0.1) is 5.92 Å². The van der Waals surface area contributed by atoms with Crippen molar-refractivity contribution in [1.29, 1.82) is 0 Å². The maximum atomic E-state index is 12.9. The Labute approximate surface area is 189 Å². The zero-order valence-electron chi connectivity index (χ0n) is 18.1. The summed E-state index contributed by atoms with van der Waals surface area (Å²) in [5.74, 6) is -2.56. The van der Waals surface area contributed by atoms with Crippen molar-refractivity contribution in [2.75, 3.05) is 14.2 Å². The third kappa shape index (κ3) is 4.20. The Morgan fingerprint density at radius 2 is 1.70 bits per heavy atom. The summed E-state index contributed by atoms with van der Waals surface area (Å²) in [4.78, 5) is 44.0. The number of ether oxygens (including phenoxy) is 2. The van der Waals surface area contributed by atoms with E-state index in [0.29, 0.717) is 17.2 Å². The van der Waals surface area contributed by atoms with Crippen LogP contribution >= 0.6 is 0 Å². The SMILES string of the molecule is COC(=O)C1=C(O)C(C(=O)OC)[C@H](c2ccccn2)N(Cc2ncc[nH]2)[C@H]1c1ccccn1. The van der Waals surface area contributed by atoms with Gasteiger partial charge in [0.25, 0.3) is 0 Å². The number of aromatic amines is 1. The van der Waals surface area contributed by atoms with Crippen LogP contribution in [0.15, 0.2) is 72.5 Å². The highest BCUT2D eigenvalue weighted by Gasteiger charge is 2.51. The lowest BCUT2D eigenvalue weighted by Crippen LogP contribution is -2.47. The van der Waals surface area contributed by atoms with Gasteiger partial charge in [0.2, 0.25) is 0 Å². The average molecular weight is 449 g/mol. The summed E-state index contributed by atoms with van der Waals surface area (Å²) in [5, 5.41) is 11.3. The summed E-state index contributed by atoms with van der Waals surface area (Å²) in [6, 6.07) is 8.92. The van der Waals surface area contributed by atoms with Gasteiger partial charge >= 0.3 is 11.9 Å². The zero-order valence-corrected chi connectivity index (χ0v) is 18.1. The maximum absolute atomic E-state index is 12.9. The summed E-state index contributed by atoms with van der Waals surface area (Å²) in [5.41, 5.74) is 0.904. The number of nitrogens with zero attached hydrogens (tertiary/aromatic N) is 4. The summed E-state index contributed by atoms with van der Waals surface area (Å²) in [6.07, 6.45) is 6.48. The third-order valence-corrected chi connectivity index (χ3v) is 5.56. The highest BCUT2D eigenvalue weighted by Crippen LogP contribution is 2.48. The van der Waals surface area contributed by atoms with Gasteiger partial charge in [-0.1, -0.05) is 12.1 Å². The van der Waals surface area contributed by atoms with Gasteiger partial charge in [-0.3, -0.25) is 19.7 Å². The minimum absolute atomic E-state index is 0.0923. The Morgan fingerprint density at radius 3 is 2.24 bits per heavy atom. The number of methoxy groups -OCH3 is 2. The molecule has 0 saturated carbocycles. The molecule has 10 nitrogen and oxygen atoms in total. The van der Waals surface area contributed by atoms with E-state index in [0.717, 1.165) is 0 Å².